The third-order valence-electron chi connectivity index (χ3n) is 3.16. The minimum absolute atomic E-state index is 0.117. The molecule has 0 bridgehead atoms. The fourth-order valence-electron chi connectivity index (χ4n) is 1.76. The molecule has 0 saturated heterocycles. The number of aryl methyl sites for hydroxylation is 2. The normalized spacial score (nSPS) is 13.2. The Morgan fingerprint density at radius 3 is 2.22 bits per heavy atom. The predicted octanol–water partition coefficient (Wildman–Crippen LogP) is 2.44. The van der Waals surface area contributed by atoms with Crippen molar-refractivity contribution in [2.45, 2.75) is 40.7 Å². The lowest BCUT2D eigenvalue weighted by molar-refractivity contribution is 0.0586. The summed E-state index contributed by atoms with van der Waals surface area (Å²) >= 11 is 0. The van der Waals surface area contributed by atoms with Gasteiger partial charge in [-0.2, -0.15) is 0 Å². The van der Waals surface area contributed by atoms with Crippen molar-refractivity contribution in [3.05, 3.63) is 34.9 Å². The molecule has 100 valence electrons. The number of hydrogen-bond donors (Lipinski definition) is 2. The number of carbonyl (C=O) groups excluding carboxylic acids is 1. The summed E-state index contributed by atoms with van der Waals surface area (Å²) in [6, 6.07) is 5.77. The van der Waals surface area contributed by atoms with Gasteiger partial charge in [0.1, 0.15) is 0 Å². The van der Waals surface area contributed by atoms with Crippen molar-refractivity contribution >= 4 is 5.91 Å². The maximum atomic E-state index is 12.1. The van der Waals surface area contributed by atoms with Crippen molar-refractivity contribution in [3.63, 3.8) is 0 Å². The maximum Gasteiger partial charge on any atom is 0.251 e. The number of rotatable bonds is 3. The molecule has 1 amide bonds. The largest absolute Gasteiger partial charge is 0.391 e. The zero-order valence-electron chi connectivity index (χ0n) is 11.9. The van der Waals surface area contributed by atoms with Gasteiger partial charge in [-0.05, 0) is 30.4 Å². The number of nitrogens with one attached hydrogen (secondary N) is 1. The van der Waals surface area contributed by atoms with E-state index >= 15 is 0 Å². The molecule has 18 heavy (non-hydrogen) atoms. The van der Waals surface area contributed by atoms with Gasteiger partial charge in [-0.3, -0.25) is 4.79 Å². The van der Waals surface area contributed by atoms with Crippen LogP contribution in [0.25, 0.3) is 0 Å². The zero-order chi connectivity index (χ0) is 13.9. The highest BCUT2D eigenvalue weighted by Gasteiger charge is 2.23. The zero-order valence-corrected chi connectivity index (χ0v) is 11.9. The first kappa shape index (κ1) is 14.7. The third kappa shape index (κ3) is 3.57. The number of aliphatic hydroxyl groups excluding tert-OH is 1. The molecule has 0 heterocycles. The molecule has 0 aliphatic carbocycles. The van der Waals surface area contributed by atoms with E-state index in [4.69, 9.17) is 0 Å². The highest BCUT2D eigenvalue weighted by atomic mass is 16.3. The summed E-state index contributed by atoms with van der Waals surface area (Å²) in [4.78, 5) is 12.1. The summed E-state index contributed by atoms with van der Waals surface area (Å²) in [5, 5.41) is 12.7. The fraction of sp³-hybridized carbons (Fsp3) is 0.533. The number of hydrogen-bond acceptors (Lipinski definition) is 2. The van der Waals surface area contributed by atoms with Gasteiger partial charge in [0.05, 0.1) is 6.10 Å². The predicted molar refractivity (Wildman–Crippen MR) is 73.7 cm³/mol. The van der Waals surface area contributed by atoms with Gasteiger partial charge in [0, 0.05) is 12.1 Å². The van der Waals surface area contributed by atoms with Gasteiger partial charge in [0.25, 0.3) is 5.91 Å². The molecule has 0 fully saturated rings. The molecule has 0 aliphatic rings. The molecule has 1 atom stereocenters. The van der Waals surface area contributed by atoms with E-state index in [2.05, 4.69) is 5.32 Å². The Labute approximate surface area is 109 Å². The van der Waals surface area contributed by atoms with Gasteiger partial charge in [-0.15, -0.1) is 0 Å². The molecule has 1 rings (SSSR count). The molecule has 1 unspecified atom stereocenters. The summed E-state index contributed by atoms with van der Waals surface area (Å²) in [5.74, 6) is -0.117. The van der Waals surface area contributed by atoms with Gasteiger partial charge in [0.15, 0.2) is 0 Å². The second kappa shape index (κ2) is 5.53. The molecule has 1 aromatic rings. The van der Waals surface area contributed by atoms with Crippen LogP contribution in [0.15, 0.2) is 18.2 Å². The quantitative estimate of drug-likeness (QED) is 0.864. The Morgan fingerprint density at radius 2 is 1.78 bits per heavy atom. The molecule has 0 saturated carbocycles. The van der Waals surface area contributed by atoms with E-state index in [0.29, 0.717) is 5.56 Å². The fourth-order valence-corrected chi connectivity index (χ4v) is 1.76. The minimum Gasteiger partial charge on any atom is -0.391 e. The van der Waals surface area contributed by atoms with Crippen LogP contribution in [0.2, 0.25) is 0 Å². The van der Waals surface area contributed by atoms with Gasteiger partial charge in [-0.1, -0.05) is 39.0 Å². The second-order valence-electron chi connectivity index (χ2n) is 5.86. The number of amides is 1. The van der Waals surface area contributed by atoms with E-state index in [9.17, 15) is 9.90 Å². The van der Waals surface area contributed by atoms with Crippen LogP contribution in [0.4, 0.5) is 0 Å². The van der Waals surface area contributed by atoms with Crippen LogP contribution in [0.3, 0.4) is 0 Å². The maximum absolute atomic E-state index is 12.1. The van der Waals surface area contributed by atoms with Crippen LogP contribution >= 0.6 is 0 Å². The van der Waals surface area contributed by atoms with Crippen molar-refractivity contribution in [1.82, 2.24) is 5.32 Å². The van der Waals surface area contributed by atoms with E-state index < -0.39 is 6.10 Å². The summed E-state index contributed by atoms with van der Waals surface area (Å²) in [7, 11) is 0. The number of carbonyl (C=O) groups is 1. The van der Waals surface area contributed by atoms with Gasteiger partial charge < -0.3 is 10.4 Å². The van der Waals surface area contributed by atoms with Crippen LogP contribution in [-0.2, 0) is 0 Å². The minimum atomic E-state index is -0.550. The average molecular weight is 249 g/mol. The van der Waals surface area contributed by atoms with Crippen LogP contribution in [0, 0.1) is 19.3 Å². The molecule has 3 nitrogen and oxygen atoms in total. The Morgan fingerprint density at radius 1 is 1.28 bits per heavy atom. The van der Waals surface area contributed by atoms with Crippen LogP contribution in [0.5, 0.6) is 0 Å². The first-order chi connectivity index (χ1) is 8.23. The van der Waals surface area contributed by atoms with Crippen molar-refractivity contribution in [3.8, 4) is 0 Å². The van der Waals surface area contributed by atoms with Crippen LogP contribution in [-0.4, -0.2) is 23.7 Å². The van der Waals surface area contributed by atoms with E-state index in [-0.39, 0.29) is 17.9 Å². The monoisotopic (exact) mass is 249 g/mol. The molecule has 0 spiro atoms. The van der Waals surface area contributed by atoms with E-state index in [1.165, 1.54) is 0 Å². The van der Waals surface area contributed by atoms with Gasteiger partial charge in [-0.25, -0.2) is 0 Å². The third-order valence-corrected chi connectivity index (χ3v) is 3.16. The van der Waals surface area contributed by atoms with Gasteiger partial charge >= 0.3 is 0 Å². The van der Waals surface area contributed by atoms with E-state index in [1.54, 1.807) is 0 Å². The molecule has 1 aromatic carbocycles. The van der Waals surface area contributed by atoms with Crippen LogP contribution < -0.4 is 5.32 Å². The smallest absolute Gasteiger partial charge is 0.251 e. The van der Waals surface area contributed by atoms with Crippen LogP contribution in [0.1, 0.15) is 42.3 Å². The SMILES string of the molecule is Cc1cccc(C)c1C(=O)NCC(O)C(C)(C)C. The van der Waals surface area contributed by atoms with E-state index in [0.717, 1.165) is 11.1 Å². The lowest BCUT2D eigenvalue weighted by Crippen LogP contribution is -2.39. The Kier molecular flexibility index (Phi) is 4.52. The Bertz CT molecular complexity index is 412. The summed E-state index contributed by atoms with van der Waals surface area (Å²) < 4.78 is 0. The molecule has 0 aromatic heterocycles. The van der Waals surface area contributed by atoms with Crippen molar-refractivity contribution in [1.29, 1.82) is 0 Å². The molecule has 2 N–H and O–H groups in total. The topological polar surface area (TPSA) is 49.3 Å². The van der Waals surface area contributed by atoms with Gasteiger partial charge in [0.2, 0.25) is 0 Å². The standard InChI is InChI=1S/C15H23NO2/c1-10-7-6-8-11(2)13(10)14(18)16-9-12(17)15(3,4)5/h6-8,12,17H,9H2,1-5H3,(H,16,18). The molecule has 3 heteroatoms. The Balaban J connectivity index is 2.73. The first-order valence-electron chi connectivity index (χ1n) is 6.26. The summed E-state index contributed by atoms with van der Waals surface area (Å²) in [6.45, 7) is 9.95. The molecule has 0 aliphatic heterocycles. The number of benzene rings is 1. The lowest BCUT2D eigenvalue weighted by atomic mass is 9.89. The summed E-state index contributed by atoms with van der Waals surface area (Å²) in [5.41, 5.74) is 2.39. The Hall–Kier alpha value is -1.35. The number of aliphatic hydroxyl groups is 1. The molecular weight excluding hydrogens is 226 g/mol. The van der Waals surface area contributed by atoms with Crippen molar-refractivity contribution in [2.75, 3.05) is 6.54 Å². The summed E-state index contributed by atoms with van der Waals surface area (Å²) in [6.07, 6.45) is -0.550. The lowest BCUT2D eigenvalue weighted by Gasteiger charge is -2.26. The molecular formula is C15H23NO2. The second-order valence-corrected chi connectivity index (χ2v) is 5.86. The molecule has 0 radical (unpaired) electrons. The van der Waals surface area contributed by atoms with Crippen molar-refractivity contribution < 1.29 is 9.90 Å². The van der Waals surface area contributed by atoms with E-state index in [1.807, 2.05) is 52.8 Å². The average Bonchev–Trinajstić information content (AvgIpc) is 2.24. The highest BCUT2D eigenvalue weighted by Crippen LogP contribution is 2.18. The highest BCUT2D eigenvalue weighted by molar-refractivity contribution is 5.97. The first-order valence-corrected chi connectivity index (χ1v) is 6.26. The van der Waals surface area contributed by atoms with Crippen molar-refractivity contribution in [2.24, 2.45) is 5.41 Å².